The van der Waals surface area contributed by atoms with Gasteiger partial charge < -0.3 is 0 Å². The molecule has 0 radical (unpaired) electrons. The molecular weight excluding hydrogens is 158 g/mol. The van der Waals surface area contributed by atoms with Gasteiger partial charge in [-0.1, -0.05) is 0 Å². The molecule has 0 aliphatic rings. The van der Waals surface area contributed by atoms with E-state index in [4.69, 9.17) is 3.80 Å². The average Bonchev–Trinajstić information content (AvgIpc) is 0.918. The van der Waals surface area contributed by atoms with E-state index in [2.05, 4.69) is 7.89 Å². The van der Waals surface area contributed by atoms with Gasteiger partial charge in [-0.2, -0.15) is 0 Å². The summed E-state index contributed by atoms with van der Waals surface area (Å²) >= 11 is -0.458. The summed E-state index contributed by atoms with van der Waals surface area (Å²) in [5, 5.41) is 0. The van der Waals surface area contributed by atoms with Crippen LogP contribution in [0.2, 0.25) is 0 Å². The van der Waals surface area contributed by atoms with Crippen molar-refractivity contribution in [1.29, 1.82) is 0 Å². The quantitative estimate of drug-likeness (QED) is 0.365. The molecule has 0 N–H and O–H groups in total. The maximum atomic E-state index is 8.96. The van der Waals surface area contributed by atoms with E-state index in [1.807, 2.05) is 0 Å². The summed E-state index contributed by atoms with van der Waals surface area (Å²) in [6, 6.07) is 0. The molecule has 0 bridgehead atoms. The zero-order chi connectivity index (χ0) is 2.71. The van der Waals surface area contributed by atoms with Crippen LogP contribution in [0.1, 0.15) is 0 Å². The van der Waals surface area contributed by atoms with Crippen LogP contribution in [0.25, 0.3) is 0 Å². The molecule has 1 atom stereocenters. The standard InChI is InChI=1S/Cr.Ni.O.H2P/h;;;1H2/q+1;;;-1. The fourth-order valence-electron chi connectivity index (χ4n) is 0. The van der Waals surface area contributed by atoms with Crippen molar-refractivity contribution in [2.75, 3.05) is 0 Å². The Labute approximate surface area is 43.2 Å². The van der Waals surface area contributed by atoms with Gasteiger partial charge in [0.15, 0.2) is 0 Å². The molecule has 0 saturated heterocycles. The Hall–Kier alpha value is 1.26. The Balaban J connectivity index is 0. The summed E-state index contributed by atoms with van der Waals surface area (Å²) in [6.45, 7) is 0. The van der Waals surface area contributed by atoms with E-state index in [0.717, 1.165) is 0 Å². The summed E-state index contributed by atoms with van der Waals surface area (Å²) in [4.78, 5) is 0. The maximum absolute atomic E-state index is 8.96. The fraction of sp³-hybridized carbons (Fsp3) is 0. The molecule has 0 aliphatic heterocycles. The van der Waals surface area contributed by atoms with E-state index in [0.29, 0.717) is 0 Å². The van der Waals surface area contributed by atoms with Crippen LogP contribution in [-0.4, -0.2) is 0 Å². The van der Waals surface area contributed by atoms with Gasteiger partial charge in [0.25, 0.3) is 0 Å². The molecule has 0 aromatic rings. The third-order valence-corrected chi connectivity index (χ3v) is 0. The minimum absolute atomic E-state index is 0. The number of hydrogen-bond donors (Lipinski definition) is 0. The monoisotopic (exact) mass is 159 g/mol. The van der Waals surface area contributed by atoms with Crippen LogP contribution in [0.4, 0.5) is 0 Å². The van der Waals surface area contributed by atoms with E-state index in [1.54, 1.807) is 0 Å². The molecule has 4 heteroatoms. The molecule has 1 nitrogen and oxygen atoms in total. The van der Waals surface area contributed by atoms with Gasteiger partial charge in [-0.05, 0) is 0 Å². The molecule has 0 rings (SSSR count). The van der Waals surface area contributed by atoms with Crippen molar-refractivity contribution >= 4 is 7.89 Å². The molecule has 0 aliphatic carbocycles. The molecular formula is H2CrNiOP. The van der Waals surface area contributed by atoms with Crippen molar-refractivity contribution in [1.82, 2.24) is 0 Å². The Morgan fingerprint density at radius 3 is 1.75 bits per heavy atom. The number of hydrogen-bond acceptors (Lipinski definition) is 1. The van der Waals surface area contributed by atoms with Crippen LogP contribution in [0, 0.1) is 0 Å². The van der Waals surface area contributed by atoms with Crippen molar-refractivity contribution in [3.8, 4) is 0 Å². The topological polar surface area (TPSA) is 17.1 Å². The third kappa shape index (κ3) is 10.5. The van der Waals surface area contributed by atoms with Gasteiger partial charge in [0, 0.05) is 16.5 Å². The second-order valence-corrected chi connectivity index (χ2v) is 1.19. The van der Waals surface area contributed by atoms with Gasteiger partial charge in [0.1, 0.15) is 0 Å². The first-order chi connectivity index (χ1) is 1.41. The van der Waals surface area contributed by atoms with Crippen LogP contribution in [0.3, 0.4) is 0 Å². The summed E-state index contributed by atoms with van der Waals surface area (Å²) in [5.74, 6) is 0. The molecule has 0 amide bonds. The van der Waals surface area contributed by atoms with Crippen LogP contribution in [-0.2, 0) is 35.0 Å². The van der Waals surface area contributed by atoms with E-state index in [9.17, 15) is 0 Å². The van der Waals surface area contributed by atoms with Gasteiger partial charge in [-0.3, -0.25) is 0 Å². The Kier molecular flexibility index (Phi) is 19.9. The van der Waals surface area contributed by atoms with Gasteiger partial charge in [0.2, 0.25) is 0 Å². The zero-order valence-electron chi connectivity index (χ0n) is 1.71. The predicted octanol–water partition coefficient (Wildman–Crippen LogP) is 0.202. The summed E-state index contributed by atoms with van der Waals surface area (Å²) in [5.41, 5.74) is 0. The van der Waals surface area contributed by atoms with E-state index < -0.39 is 14.7 Å². The SMILES string of the molecule is [Ni].[O]=[Cr][PH2]. The summed E-state index contributed by atoms with van der Waals surface area (Å²) in [6.07, 6.45) is 0. The van der Waals surface area contributed by atoms with Crippen molar-refractivity contribution in [3.63, 3.8) is 0 Å². The molecule has 0 spiro atoms. The molecule has 29 valence electrons. The Morgan fingerprint density at radius 1 is 1.75 bits per heavy atom. The van der Waals surface area contributed by atoms with Crippen molar-refractivity contribution in [2.24, 2.45) is 0 Å². The van der Waals surface area contributed by atoms with E-state index >= 15 is 0 Å². The van der Waals surface area contributed by atoms with Gasteiger partial charge >= 0.3 is 26.4 Å². The van der Waals surface area contributed by atoms with Crippen LogP contribution >= 0.6 is 7.89 Å². The normalized spacial score (nSPS) is 3.25. The third-order valence-electron chi connectivity index (χ3n) is 0. The van der Waals surface area contributed by atoms with Crippen molar-refractivity contribution in [3.05, 3.63) is 0 Å². The average molecular weight is 160 g/mol. The van der Waals surface area contributed by atoms with Crippen molar-refractivity contribution < 1.29 is 35.0 Å². The molecule has 0 aromatic carbocycles. The van der Waals surface area contributed by atoms with Crippen molar-refractivity contribution in [2.45, 2.75) is 0 Å². The molecule has 0 saturated carbocycles. The first-order valence-electron chi connectivity index (χ1n) is 0.402. The second kappa shape index (κ2) is 8.87. The predicted molar refractivity (Wildman–Crippen MR) is 10.4 cm³/mol. The first-order valence-corrected chi connectivity index (χ1v) is 3.60. The Bertz CT molecular complexity index is 15.5. The van der Waals surface area contributed by atoms with E-state index in [1.165, 1.54) is 0 Å². The van der Waals surface area contributed by atoms with Crippen LogP contribution < -0.4 is 0 Å². The molecule has 0 fully saturated rings. The zero-order valence-corrected chi connectivity index (χ0v) is 5.13. The summed E-state index contributed by atoms with van der Waals surface area (Å²) in [7, 11) is 2.09. The fourth-order valence-corrected chi connectivity index (χ4v) is 0. The number of rotatable bonds is 0. The molecule has 0 aromatic heterocycles. The van der Waals surface area contributed by atoms with Gasteiger partial charge in [0.05, 0.1) is 0 Å². The first kappa shape index (κ1) is 8.98. The summed E-state index contributed by atoms with van der Waals surface area (Å²) < 4.78 is 8.96. The van der Waals surface area contributed by atoms with Gasteiger partial charge in [-0.15, -0.1) is 0 Å². The molecule has 0 heterocycles. The second-order valence-electron chi connectivity index (χ2n) is 0.0962. The minimum atomic E-state index is -0.458. The van der Waals surface area contributed by atoms with E-state index in [-0.39, 0.29) is 16.5 Å². The van der Waals surface area contributed by atoms with Crippen LogP contribution in [0.15, 0.2) is 0 Å². The van der Waals surface area contributed by atoms with Crippen LogP contribution in [0.5, 0.6) is 0 Å². The molecule has 1 unspecified atom stereocenters. The van der Waals surface area contributed by atoms with Gasteiger partial charge in [-0.25, -0.2) is 0 Å². The molecule has 4 heavy (non-hydrogen) atoms. The Morgan fingerprint density at radius 2 is 1.75 bits per heavy atom.